The number of hydrogen-bond donors (Lipinski definition) is 1. The first-order valence-electron chi connectivity index (χ1n) is 12.4. The third-order valence-corrected chi connectivity index (χ3v) is 18.5. The number of amides is 1. The van der Waals surface area contributed by atoms with E-state index in [1.165, 1.54) is 0 Å². The second-order valence-corrected chi connectivity index (χ2v) is 26.3. The Labute approximate surface area is 206 Å². The van der Waals surface area contributed by atoms with E-state index in [0.29, 0.717) is 6.42 Å². The smallest absolute Gasteiger partial charge is 0.249 e. The van der Waals surface area contributed by atoms with Gasteiger partial charge in [0.15, 0.2) is 22.2 Å². The predicted molar refractivity (Wildman–Crippen MR) is 149 cm³/mol. The molecule has 186 valence electrons. The molecule has 0 aromatic carbocycles. The Balaban J connectivity index is 3.37. The number of β-lactam (4-membered cyclic amide) rings is 1. The van der Waals surface area contributed by atoms with Crippen LogP contribution in [0.15, 0.2) is 12.2 Å². The molecule has 1 rings (SSSR count). The lowest BCUT2D eigenvalue weighted by Gasteiger charge is -2.64. The molecule has 0 aliphatic carbocycles. The molecule has 0 saturated carbocycles. The number of hydrogen-bond acceptors (Lipinski definition) is 3. The average molecular weight is 506 g/mol. The lowest BCUT2D eigenvalue weighted by molar-refractivity contribution is -0.179. The summed E-state index contributed by atoms with van der Waals surface area (Å²) in [5, 5.41) is 10.5. The molecular formula is C26H47NO3Si3. The molecule has 1 amide bonds. The molecule has 33 heavy (non-hydrogen) atoms. The Bertz CT molecular complexity index is 834. The Hall–Kier alpha value is -1.10. The van der Waals surface area contributed by atoms with Crippen molar-refractivity contribution in [3.05, 3.63) is 12.2 Å². The largest absolute Gasteiger partial charge is 0.400 e. The van der Waals surface area contributed by atoms with E-state index in [2.05, 4.69) is 97.6 Å². The Kier molecular flexibility index (Phi) is 10.1. The topological polar surface area (TPSA) is 49.8 Å². The third kappa shape index (κ3) is 6.52. The highest BCUT2D eigenvalue weighted by atomic mass is 28.4. The van der Waals surface area contributed by atoms with Crippen molar-refractivity contribution in [1.82, 2.24) is 4.57 Å². The van der Waals surface area contributed by atoms with E-state index in [0.717, 1.165) is 18.1 Å². The molecule has 1 N–H and O–H groups in total. The molecular weight excluding hydrogens is 459 g/mol. The summed E-state index contributed by atoms with van der Waals surface area (Å²) < 4.78 is 8.89. The molecule has 2 atom stereocenters. The molecule has 0 radical (unpaired) electrons. The highest BCUT2D eigenvalue weighted by Gasteiger charge is 2.67. The van der Waals surface area contributed by atoms with Gasteiger partial charge in [-0.3, -0.25) is 4.79 Å². The summed E-state index contributed by atoms with van der Waals surface area (Å²) in [6.45, 7) is 24.0. The normalized spacial score (nSPS) is 21.9. The summed E-state index contributed by atoms with van der Waals surface area (Å²) in [6, 6.07) is 2.51. The van der Waals surface area contributed by atoms with Crippen LogP contribution in [-0.4, -0.2) is 58.5 Å². The van der Waals surface area contributed by atoms with Crippen LogP contribution in [-0.2, 0) is 9.22 Å². The van der Waals surface area contributed by atoms with Gasteiger partial charge in [0.2, 0.25) is 5.91 Å². The van der Waals surface area contributed by atoms with Crippen LogP contribution in [0.3, 0.4) is 0 Å². The number of aliphatic hydroxyl groups excluding tert-OH is 1. The van der Waals surface area contributed by atoms with E-state index in [1.807, 2.05) is 4.57 Å². The minimum absolute atomic E-state index is 0.0134. The Morgan fingerprint density at radius 1 is 1.03 bits per heavy atom. The van der Waals surface area contributed by atoms with Gasteiger partial charge in [-0.1, -0.05) is 92.0 Å². The van der Waals surface area contributed by atoms with Gasteiger partial charge < -0.3 is 14.1 Å². The summed E-state index contributed by atoms with van der Waals surface area (Å²) in [7, 11) is -5.68. The average Bonchev–Trinajstić information content (AvgIpc) is 2.71. The van der Waals surface area contributed by atoms with Crippen molar-refractivity contribution < 1.29 is 14.3 Å². The molecule has 0 spiro atoms. The number of aliphatic hydroxyl groups is 1. The molecule has 1 heterocycles. The van der Waals surface area contributed by atoms with Crippen molar-refractivity contribution >= 4 is 30.5 Å². The zero-order valence-corrected chi connectivity index (χ0v) is 26.0. The van der Waals surface area contributed by atoms with E-state index < -0.39 is 30.2 Å². The Morgan fingerprint density at radius 3 is 1.97 bits per heavy atom. The van der Waals surface area contributed by atoms with E-state index >= 15 is 0 Å². The monoisotopic (exact) mass is 505 g/mol. The van der Waals surface area contributed by atoms with E-state index in [9.17, 15) is 9.90 Å². The predicted octanol–water partition coefficient (Wildman–Crippen LogP) is 5.79. The molecule has 0 aromatic heterocycles. The zero-order chi connectivity index (χ0) is 25.7. The SMILES string of the molecule is CC[Si](CC)(CC)O[C@@]1(CC#C/C=C/C#C[Si](C)(C)C)C(=O)N([Si](C)(C)C(C)(C)C)[C@H]1CO. The van der Waals surface area contributed by atoms with Gasteiger partial charge in [-0.15, -0.1) is 5.54 Å². The molecule has 1 saturated heterocycles. The van der Waals surface area contributed by atoms with Crippen molar-refractivity contribution in [2.24, 2.45) is 0 Å². The van der Waals surface area contributed by atoms with Crippen LogP contribution in [0.2, 0.25) is 55.9 Å². The zero-order valence-electron chi connectivity index (χ0n) is 23.0. The van der Waals surface area contributed by atoms with Gasteiger partial charge in [0.1, 0.15) is 8.07 Å². The van der Waals surface area contributed by atoms with E-state index in [1.54, 1.807) is 12.2 Å². The molecule has 1 fully saturated rings. The van der Waals surface area contributed by atoms with Gasteiger partial charge in [-0.05, 0) is 35.3 Å². The second kappa shape index (κ2) is 11.1. The molecule has 0 bridgehead atoms. The minimum Gasteiger partial charge on any atom is -0.400 e. The summed E-state index contributed by atoms with van der Waals surface area (Å²) in [5.41, 5.74) is 2.25. The van der Waals surface area contributed by atoms with E-state index in [4.69, 9.17) is 4.43 Å². The fourth-order valence-corrected chi connectivity index (χ4v) is 10.1. The van der Waals surface area contributed by atoms with Crippen molar-refractivity contribution in [2.75, 3.05) is 6.61 Å². The van der Waals surface area contributed by atoms with Crippen LogP contribution in [0.4, 0.5) is 0 Å². The van der Waals surface area contributed by atoms with Crippen LogP contribution in [0.5, 0.6) is 0 Å². The maximum absolute atomic E-state index is 13.9. The van der Waals surface area contributed by atoms with Gasteiger partial charge in [-0.25, -0.2) is 0 Å². The van der Waals surface area contributed by atoms with Crippen LogP contribution in [0, 0.1) is 23.3 Å². The standard InChI is InChI=1S/C26H47NO3Si3/c1-12-33(13-2,14-3)30-26(20-18-16-15-17-19-21-31(7,8)9)23(22-28)27(24(26)29)32(10,11)25(4,5)6/h15,17,23,28H,12-14,20,22H2,1-11H3/b17-15+/t23-,26+/m0/s1. The molecule has 0 unspecified atom stereocenters. The van der Waals surface area contributed by atoms with Gasteiger partial charge >= 0.3 is 0 Å². The first-order chi connectivity index (χ1) is 15.1. The first kappa shape index (κ1) is 29.9. The summed E-state index contributed by atoms with van der Waals surface area (Å²) >= 11 is 0. The van der Waals surface area contributed by atoms with Crippen LogP contribution >= 0.6 is 0 Å². The molecule has 1 aliphatic rings. The molecule has 4 nitrogen and oxygen atoms in total. The van der Waals surface area contributed by atoms with Crippen molar-refractivity contribution in [3.63, 3.8) is 0 Å². The summed E-state index contributed by atoms with van der Waals surface area (Å²) in [4.78, 5) is 13.9. The summed E-state index contributed by atoms with van der Waals surface area (Å²) in [6.07, 6.45) is 3.85. The van der Waals surface area contributed by atoms with E-state index in [-0.39, 0.29) is 23.6 Å². The molecule has 0 aromatic rings. The highest BCUT2D eigenvalue weighted by Crippen LogP contribution is 2.49. The summed E-state index contributed by atoms with van der Waals surface area (Å²) in [5.74, 6) is 9.36. The lowest BCUT2D eigenvalue weighted by atomic mass is 9.82. The molecule has 1 aliphatic heterocycles. The molecule has 7 heteroatoms. The number of nitrogens with zero attached hydrogens (tertiary/aromatic N) is 1. The second-order valence-electron chi connectivity index (χ2n) is 11.8. The van der Waals surface area contributed by atoms with Crippen LogP contribution in [0.1, 0.15) is 48.0 Å². The number of carbonyl (C=O) groups excluding carboxylic acids is 1. The minimum atomic E-state index is -2.16. The van der Waals surface area contributed by atoms with Crippen molar-refractivity contribution in [1.29, 1.82) is 0 Å². The number of carbonyl (C=O) groups is 1. The number of allylic oxidation sites excluding steroid dienone is 2. The quantitative estimate of drug-likeness (QED) is 0.258. The van der Waals surface area contributed by atoms with Gasteiger partial charge in [0, 0.05) is 6.42 Å². The van der Waals surface area contributed by atoms with Crippen molar-refractivity contribution in [3.8, 4) is 23.3 Å². The fourth-order valence-electron chi connectivity index (χ4n) is 4.14. The Morgan fingerprint density at radius 2 is 1.55 bits per heavy atom. The fraction of sp³-hybridized carbons (Fsp3) is 0.731. The van der Waals surface area contributed by atoms with Gasteiger partial charge in [0.05, 0.1) is 12.6 Å². The maximum Gasteiger partial charge on any atom is 0.249 e. The number of rotatable bonds is 8. The van der Waals surface area contributed by atoms with Gasteiger partial charge in [-0.2, -0.15) is 0 Å². The first-order valence-corrected chi connectivity index (χ1v) is 21.4. The third-order valence-electron chi connectivity index (χ3n) is 7.52. The maximum atomic E-state index is 13.9. The van der Waals surface area contributed by atoms with Crippen LogP contribution in [0.25, 0.3) is 0 Å². The van der Waals surface area contributed by atoms with Gasteiger partial charge in [0.25, 0.3) is 0 Å². The van der Waals surface area contributed by atoms with Crippen LogP contribution < -0.4 is 0 Å². The van der Waals surface area contributed by atoms with Crippen molar-refractivity contribution in [2.45, 2.75) is 116 Å². The highest BCUT2D eigenvalue weighted by molar-refractivity contribution is 6.84. The lowest BCUT2D eigenvalue weighted by Crippen LogP contribution is -2.84.